The molecule has 0 radical (unpaired) electrons. The number of amides is 2. The monoisotopic (exact) mass is 552 g/mol. The SMILES string of the molecule is CC#CCn1c(N2CCCC(N3C(=O)c4ccccc4C3=O)C2)nc2c1c(=O)n(Cc1ncccc1N)c(=O)n2C. The van der Waals surface area contributed by atoms with Crippen molar-refractivity contribution in [2.24, 2.45) is 7.05 Å². The van der Waals surface area contributed by atoms with E-state index in [0.717, 1.165) is 4.57 Å². The summed E-state index contributed by atoms with van der Waals surface area (Å²) in [5.74, 6) is 5.72. The van der Waals surface area contributed by atoms with Crippen LogP contribution < -0.4 is 21.9 Å². The standard InChI is InChI=1S/C29H28N8O4/c1-3-4-15-35-23-24(33(2)29(41)36(27(23)40)17-22-21(30)12-7-13-31-22)32-28(35)34-14-8-9-18(16-34)37-25(38)19-10-5-6-11-20(19)26(37)39/h5-7,10-13,18H,8-9,14-17,30H2,1-2H3. The number of carbonyl (C=O) groups excluding carboxylic acids is 2. The molecule has 208 valence electrons. The summed E-state index contributed by atoms with van der Waals surface area (Å²) in [5, 5.41) is 0. The van der Waals surface area contributed by atoms with Gasteiger partial charge in [-0.1, -0.05) is 18.1 Å². The summed E-state index contributed by atoms with van der Waals surface area (Å²) >= 11 is 0. The Morgan fingerprint density at radius 2 is 1.76 bits per heavy atom. The molecule has 1 fully saturated rings. The number of hydrogen-bond acceptors (Lipinski definition) is 8. The van der Waals surface area contributed by atoms with Crippen molar-refractivity contribution >= 4 is 34.6 Å². The number of hydrogen-bond donors (Lipinski definition) is 1. The van der Waals surface area contributed by atoms with E-state index in [4.69, 9.17) is 10.7 Å². The number of pyridine rings is 1. The summed E-state index contributed by atoms with van der Waals surface area (Å²) in [7, 11) is 1.56. The number of anilines is 2. The van der Waals surface area contributed by atoms with Crippen molar-refractivity contribution in [3.8, 4) is 11.8 Å². The largest absolute Gasteiger partial charge is 0.397 e. The van der Waals surface area contributed by atoms with E-state index in [1.54, 1.807) is 61.1 Å². The molecule has 41 heavy (non-hydrogen) atoms. The van der Waals surface area contributed by atoms with Crippen LogP contribution in [0.2, 0.25) is 0 Å². The number of carbonyl (C=O) groups is 2. The van der Waals surface area contributed by atoms with Gasteiger partial charge in [0.15, 0.2) is 11.2 Å². The summed E-state index contributed by atoms with van der Waals surface area (Å²) < 4.78 is 4.14. The molecule has 2 aliphatic heterocycles. The molecule has 5 heterocycles. The van der Waals surface area contributed by atoms with Crippen LogP contribution in [0.15, 0.2) is 52.2 Å². The summed E-state index contributed by atoms with van der Waals surface area (Å²) in [6, 6.07) is 9.80. The van der Waals surface area contributed by atoms with Crippen LogP contribution in [0.4, 0.5) is 11.6 Å². The van der Waals surface area contributed by atoms with Crippen molar-refractivity contribution in [1.82, 2.24) is 28.6 Å². The third-order valence-electron chi connectivity index (χ3n) is 7.73. The van der Waals surface area contributed by atoms with Crippen LogP contribution in [0.3, 0.4) is 0 Å². The second kappa shape index (κ2) is 10.1. The molecule has 4 aromatic rings. The lowest BCUT2D eigenvalue weighted by Gasteiger charge is -2.37. The smallest absolute Gasteiger partial charge is 0.332 e. The maximum Gasteiger partial charge on any atom is 0.332 e. The van der Waals surface area contributed by atoms with E-state index < -0.39 is 11.2 Å². The highest BCUT2D eigenvalue weighted by atomic mass is 16.2. The molecule has 6 rings (SSSR count). The van der Waals surface area contributed by atoms with E-state index in [-0.39, 0.29) is 42.1 Å². The molecule has 1 unspecified atom stereocenters. The van der Waals surface area contributed by atoms with Crippen LogP contribution in [-0.4, -0.2) is 59.5 Å². The van der Waals surface area contributed by atoms with E-state index in [9.17, 15) is 19.2 Å². The molecule has 0 aliphatic carbocycles. The number of benzene rings is 1. The normalized spacial score (nSPS) is 16.7. The van der Waals surface area contributed by atoms with Gasteiger partial charge in [0.1, 0.15) is 0 Å². The zero-order valence-corrected chi connectivity index (χ0v) is 22.7. The third kappa shape index (κ3) is 4.17. The number of piperidine rings is 1. The summed E-state index contributed by atoms with van der Waals surface area (Å²) in [4.78, 5) is 65.8. The Morgan fingerprint density at radius 3 is 2.44 bits per heavy atom. The highest BCUT2D eigenvalue weighted by Crippen LogP contribution is 2.30. The van der Waals surface area contributed by atoms with Crippen LogP contribution in [0.25, 0.3) is 11.2 Å². The van der Waals surface area contributed by atoms with Gasteiger partial charge >= 0.3 is 5.69 Å². The minimum Gasteiger partial charge on any atom is -0.397 e. The second-order valence-electron chi connectivity index (χ2n) is 10.1. The minimum atomic E-state index is -0.548. The van der Waals surface area contributed by atoms with E-state index >= 15 is 0 Å². The van der Waals surface area contributed by atoms with Crippen molar-refractivity contribution in [2.45, 2.75) is 38.9 Å². The maximum atomic E-state index is 13.8. The molecule has 12 heteroatoms. The highest BCUT2D eigenvalue weighted by molar-refractivity contribution is 6.21. The maximum absolute atomic E-state index is 13.8. The first-order valence-corrected chi connectivity index (χ1v) is 13.3. The van der Waals surface area contributed by atoms with Crippen LogP contribution >= 0.6 is 0 Å². The Bertz CT molecular complexity index is 1870. The quantitative estimate of drug-likeness (QED) is 0.288. The fourth-order valence-electron chi connectivity index (χ4n) is 5.67. The van der Waals surface area contributed by atoms with Gasteiger partial charge in [0, 0.05) is 26.3 Å². The molecule has 1 saturated heterocycles. The number of imide groups is 1. The average molecular weight is 553 g/mol. The van der Waals surface area contributed by atoms with Crippen LogP contribution in [0.5, 0.6) is 0 Å². The first-order chi connectivity index (χ1) is 19.8. The number of aryl methyl sites for hydroxylation is 1. The van der Waals surface area contributed by atoms with Crippen molar-refractivity contribution < 1.29 is 9.59 Å². The van der Waals surface area contributed by atoms with Crippen molar-refractivity contribution in [3.05, 3.63) is 80.3 Å². The molecule has 0 bridgehead atoms. The predicted molar refractivity (Wildman–Crippen MR) is 153 cm³/mol. The Labute approximate surface area is 234 Å². The lowest BCUT2D eigenvalue weighted by Crippen LogP contribution is -2.50. The molecule has 12 nitrogen and oxygen atoms in total. The second-order valence-corrected chi connectivity index (χ2v) is 10.1. The number of aromatic nitrogens is 5. The Kier molecular flexibility index (Phi) is 6.42. The summed E-state index contributed by atoms with van der Waals surface area (Å²) in [5.41, 5.74) is 7.01. The van der Waals surface area contributed by atoms with Gasteiger partial charge in [-0.25, -0.2) is 4.79 Å². The topological polar surface area (TPSA) is 141 Å². The van der Waals surface area contributed by atoms with Crippen LogP contribution in [0.1, 0.15) is 46.2 Å². The van der Waals surface area contributed by atoms with E-state index in [1.165, 1.54) is 9.47 Å². The fourth-order valence-corrected chi connectivity index (χ4v) is 5.67. The zero-order valence-electron chi connectivity index (χ0n) is 22.7. The van der Waals surface area contributed by atoms with Gasteiger partial charge in [-0.15, -0.1) is 5.92 Å². The number of nitrogens with zero attached hydrogens (tertiary/aromatic N) is 7. The number of fused-ring (bicyclic) bond motifs is 2. The number of nitrogens with two attached hydrogens (primary N) is 1. The first-order valence-electron chi connectivity index (χ1n) is 13.3. The first kappa shape index (κ1) is 26.1. The molecule has 2 amide bonds. The van der Waals surface area contributed by atoms with Crippen LogP contribution in [-0.2, 0) is 20.1 Å². The molecular weight excluding hydrogens is 524 g/mol. The van der Waals surface area contributed by atoms with Gasteiger partial charge in [-0.05, 0) is 44.0 Å². The Hall–Kier alpha value is -5.18. The molecule has 2 N–H and O–H groups in total. The molecule has 0 saturated carbocycles. The van der Waals surface area contributed by atoms with E-state index in [0.29, 0.717) is 54.4 Å². The van der Waals surface area contributed by atoms with E-state index in [1.807, 2.05) is 4.90 Å². The fraction of sp³-hybridized carbons (Fsp3) is 0.310. The van der Waals surface area contributed by atoms with Gasteiger partial charge in [-0.2, -0.15) is 4.98 Å². The lowest BCUT2D eigenvalue weighted by molar-refractivity contribution is 0.0569. The summed E-state index contributed by atoms with van der Waals surface area (Å²) in [6.07, 6.45) is 2.90. The third-order valence-corrected chi connectivity index (χ3v) is 7.73. The van der Waals surface area contributed by atoms with Crippen molar-refractivity contribution in [2.75, 3.05) is 23.7 Å². The number of imidazole rings is 1. The molecule has 3 aromatic heterocycles. The van der Waals surface area contributed by atoms with Gasteiger partial charge in [0.25, 0.3) is 17.4 Å². The van der Waals surface area contributed by atoms with Crippen LogP contribution in [0, 0.1) is 11.8 Å². The van der Waals surface area contributed by atoms with Crippen molar-refractivity contribution in [3.63, 3.8) is 0 Å². The Balaban J connectivity index is 1.43. The molecule has 0 spiro atoms. The Morgan fingerprint density at radius 1 is 1.02 bits per heavy atom. The average Bonchev–Trinajstić information content (AvgIpc) is 3.49. The predicted octanol–water partition coefficient (Wildman–Crippen LogP) is 1.21. The molecule has 1 aromatic carbocycles. The lowest BCUT2D eigenvalue weighted by atomic mass is 10.0. The minimum absolute atomic E-state index is 0.0976. The molecule has 1 atom stereocenters. The number of rotatable bonds is 5. The van der Waals surface area contributed by atoms with Gasteiger partial charge < -0.3 is 10.6 Å². The molecular formula is C29H28N8O4. The van der Waals surface area contributed by atoms with E-state index in [2.05, 4.69) is 16.8 Å². The number of nitrogen functional groups attached to an aromatic ring is 1. The zero-order chi connectivity index (χ0) is 28.8. The van der Waals surface area contributed by atoms with Gasteiger partial charge in [-0.3, -0.25) is 38.0 Å². The van der Waals surface area contributed by atoms with Gasteiger partial charge in [0.05, 0.1) is 41.6 Å². The summed E-state index contributed by atoms with van der Waals surface area (Å²) in [6.45, 7) is 2.70. The highest BCUT2D eigenvalue weighted by Gasteiger charge is 2.41. The van der Waals surface area contributed by atoms with Crippen molar-refractivity contribution in [1.29, 1.82) is 0 Å². The molecule has 2 aliphatic rings. The van der Waals surface area contributed by atoms with Gasteiger partial charge in [0.2, 0.25) is 5.95 Å².